The number of carbonyl (C=O) groups excluding carboxylic acids is 1. The highest BCUT2D eigenvalue weighted by Crippen LogP contribution is 2.23. The van der Waals surface area contributed by atoms with E-state index >= 15 is 0 Å². The second kappa shape index (κ2) is 9.20. The van der Waals surface area contributed by atoms with Crippen molar-refractivity contribution in [2.75, 3.05) is 11.1 Å². The van der Waals surface area contributed by atoms with Gasteiger partial charge in [-0.1, -0.05) is 30.0 Å². The molecule has 0 saturated heterocycles. The van der Waals surface area contributed by atoms with Crippen LogP contribution in [0.1, 0.15) is 17.0 Å². The lowest BCUT2D eigenvalue weighted by Gasteiger charge is -2.07. The molecule has 0 aliphatic rings. The highest BCUT2D eigenvalue weighted by molar-refractivity contribution is 7.99. The number of nitrogens with one attached hydrogen (secondary N) is 1. The van der Waals surface area contributed by atoms with Crippen molar-refractivity contribution in [1.82, 2.24) is 10.2 Å². The van der Waals surface area contributed by atoms with Gasteiger partial charge in [0.1, 0.15) is 5.75 Å². The molecule has 0 aliphatic carbocycles. The first-order chi connectivity index (χ1) is 13.9. The average Bonchev–Trinajstić information content (AvgIpc) is 3.15. The predicted octanol–water partition coefficient (Wildman–Crippen LogP) is 3.90. The summed E-state index contributed by atoms with van der Waals surface area (Å²) in [5.74, 6) is 0.805. The molecule has 0 atom stereocenters. The Hall–Kier alpha value is -3.40. The van der Waals surface area contributed by atoms with Gasteiger partial charge in [0.15, 0.2) is 6.61 Å². The minimum atomic E-state index is -0.482. The summed E-state index contributed by atoms with van der Waals surface area (Å²) < 4.78 is 11.1. The maximum absolute atomic E-state index is 12.1. The first-order valence-electron chi connectivity index (χ1n) is 8.61. The second-order valence-electron chi connectivity index (χ2n) is 6.11. The van der Waals surface area contributed by atoms with E-state index < -0.39 is 4.92 Å². The van der Waals surface area contributed by atoms with E-state index in [2.05, 4.69) is 15.5 Å². The van der Waals surface area contributed by atoms with Gasteiger partial charge in [-0.2, -0.15) is 0 Å². The minimum Gasteiger partial charge on any atom is -0.484 e. The summed E-state index contributed by atoms with van der Waals surface area (Å²) in [4.78, 5) is 22.4. The number of non-ortho nitro benzene ring substituents is 1. The van der Waals surface area contributed by atoms with Gasteiger partial charge in [-0.05, 0) is 37.1 Å². The zero-order valence-electron chi connectivity index (χ0n) is 15.7. The molecule has 0 bridgehead atoms. The lowest BCUT2D eigenvalue weighted by Crippen LogP contribution is -2.14. The van der Waals surface area contributed by atoms with E-state index in [9.17, 15) is 14.9 Å². The van der Waals surface area contributed by atoms with Crippen LogP contribution in [0.5, 0.6) is 5.75 Å². The summed E-state index contributed by atoms with van der Waals surface area (Å²) >= 11 is 1.09. The molecule has 3 rings (SSSR count). The Kier molecular flexibility index (Phi) is 6.45. The van der Waals surface area contributed by atoms with Crippen LogP contribution in [0.15, 0.2) is 52.1 Å². The van der Waals surface area contributed by atoms with E-state index in [1.54, 1.807) is 6.92 Å². The number of aryl methyl sites for hydroxylation is 2. The van der Waals surface area contributed by atoms with Gasteiger partial charge >= 0.3 is 0 Å². The van der Waals surface area contributed by atoms with Crippen LogP contribution in [0.4, 0.5) is 11.4 Å². The van der Waals surface area contributed by atoms with Crippen molar-refractivity contribution >= 4 is 29.0 Å². The fourth-order valence-corrected chi connectivity index (χ4v) is 3.01. The molecule has 1 amide bonds. The molecule has 0 fully saturated rings. The van der Waals surface area contributed by atoms with E-state index in [-0.39, 0.29) is 29.2 Å². The van der Waals surface area contributed by atoms with Gasteiger partial charge in [0, 0.05) is 17.8 Å². The van der Waals surface area contributed by atoms with E-state index in [0.717, 1.165) is 23.1 Å². The molecule has 29 heavy (non-hydrogen) atoms. The maximum Gasteiger partial charge on any atom is 0.277 e. The molecule has 3 aromatic rings. The molecule has 150 valence electrons. The zero-order valence-corrected chi connectivity index (χ0v) is 16.6. The van der Waals surface area contributed by atoms with Gasteiger partial charge < -0.3 is 14.5 Å². The molecule has 0 aliphatic heterocycles. The first-order valence-corrected chi connectivity index (χ1v) is 9.59. The Labute approximate surface area is 170 Å². The van der Waals surface area contributed by atoms with Gasteiger partial charge in [0.2, 0.25) is 5.91 Å². The number of hydrogen-bond donors (Lipinski definition) is 1. The van der Waals surface area contributed by atoms with Gasteiger partial charge in [-0.25, -0.2) is 0 Å². The molecule has 0 radical (unpaired) electrons. The summed E-state index contributed by atoms with van der Waals surface area (Å²) in [6, 6.07) is 11.8. The zero-order chi connectivity index (χ0) is 20.8. The van der Waals surface area contributed by atoms with E-state index in [4.69, 9.17) is 9.15 Å². The summed E-state index contributed by atoms with van der Waals surface area (Å²) in [5, 5.41) is 21.5. The van der Waals surface area contributed by atoms with E-state index in [1.165, 1.54) is 18.2 Å². The summed E-state index contributed by atoms with van der Waals surface area (Å²) in [6.07, 6.45) is 0. The minimum absolute atomic E-state index is 0.0267. The van der Waals surface area contributed by atoms with Crippen LogP contribution >= 0.6 is 11.8 Å². The normalized spacial score (nSPS) is 10.6. The summed E-state index contributed by atoms with van der Waals surface area (Å²) in [5.41, 5.74) is 2.09. The number of nitrogens with zero attached hydrogens (tertiary/aromatic N) is 3. The Morgan fingerprint density at radius 1 is 1.21 bits per heavy atom. The van der Waals surface area contributed by atoms with Crippen LogP contribution in [0.25, 0.3) is 0 Å². The fourth-order valence-electron chi connectivity index (χ4n) is 2.43. The monoisotopic (exact) mass is 414 g/mol. The number of para-hydroxylation sites is 1. The lowest BCUT2D eigenvalue weighted by molar-refractivity contribution is -0.384. The topological polar surface area (TPSA) is 120 Å². The first kappa shape index (κ1) is 20.3. The fraction of sp³-hybridized carbons (Fsp3) is 0.211. The third-order valence-corrected chi connectivity index (χ3v) is 4.73. The van der Waals surface area contributed by atoms with Crippen LogP contribution in [0.2, 0.25) is 0 Å². The molecule has 0 unspecified atom stereocenters. The van der Waals surface area contributed by atoms with Crippen molar-refractivity contribution in [3.63, 3.8) is 0 Å². The van der Waals surface area contributed by atoms with Gasteiger partial charge in [-0.15, -0.1) is 10.2 Å². The highest BCUT2D eigenvalue weighted by Gasteiger charge is 2.13. The molecule has 1 heterocycles. The molecular weight excluding hydrogens is 396 g/mol. The number of ether oxygens (including phenoxy) is 1. The van der Waals surface area contributed by atoms with Crippen molar-refractivity contribution in [2.24, 2.45) is 0 Å². The number of hydrogen-bond acceptors (Lipinski definition) is 8. The molecular formula is C19H18N4O5S. The van der Waals surface area contributed by atoms with Crippen molar-refractivity contribution < 1.29 is 18.9 Å². The molecule has 9 nitrogen and oxygen atoms in total. The summed E-state index contributed by atoms with van der Waals surface area (Å²) in [6.45, 7) is 3.76. The molecule has 0 spiro atoms. The number of amides is 1. The molecule has 2 aromatic carbocycles. The Bertz CT molecular complexity index is 1040. The van der Waals surface area contributed by atoms with Crippen molar-refractivity contribution in [3.8, 4) is 5.75 Å². The number of rotatable bonds is 8. The van der Waals surface area contributed by atoms with Gasteiger partial charge in [-0.3, -0.25) is 14.9 Å². The van der Waals surface area contributed by atoms with Crippen LogP contribution in [0, 0.1) is 24.0 Å². The number of thioether (sulfide) groups is 1. The number of nitro groups is 1. The van der Waals surface area contributed by atoms with Crippen LogP contribution in [-0.4, -0.2) is 26.8 Å². The van der Waals surface area contributed by atoms with E-state index in [0.29, 0.717) is 17.1 Å². The Balaban J connectivity index is 1.50. The Morgan fingerprint density at radius 3 is 2.72 bits per heavy atom. The quantitative estimate of drug-likeness (QED) is 0.335. The molecule has 1 aromatic heterocycles. The third-order valence-electron chi connectivity index (χ3n) is 3.91. The lowest BCUT2D eigenvalue weighted by atomic mass is 10.2. The number of nitro benzene ring substituents is 1. The van der Waals surface area contributed by atoms with Crippen LogP contribution < -0.4 is 10.1 Å². The third kappa shape index (κ3) is 5.55. The molecule has 0 saturated carbocycles. The molecule has 10 heteroatoms. The largest absolute Gasteiger partial charge is 0.484 e. The number of aromatic nitrogens is 2. The Morgan fingerprint density at radius 2 is 2.00 bits per heavy atom. The van der Waals surface area contributed by atoms with Gasteiger partial charge in [0.25, 0.3) is 16.8 Å². The standard InChI is InChI=1S/C19H18N4O5S/c1-12-5-3-4-6-16(12)27-10-18-21-22-19(28-18)29-11-17(24)20-15-8-7-14(23(25)26)9-13(15)2/h3-9H,10-11H2,1-2H3,(H,20,24). The van der Waals surface area contributed by atoms with Crippen molar-refractivity contribution in [2.45, 2.75) is 25.7 Å². The number of benzene rings is 2. The summed E-state index contributed by atoms with van der Waals surface area (Å²) in [7, 11) is 0. The number of anilines is 1. The maximum atomic E-state index is 12.1. The SMILES string of the molecule is Cc1cc([N+](=O)[O-])ccc1NC(=O)CSc1nnc(COc2ccccc2C)o1. The number of carbonyl (C=O) groups is 1. The second-order valence-corrected chi connectivity index (χ2v) is 7.04. The van der Waals surface area contributed by atoms with Crippen LogP contribution in [-0.2, 0) is 11.4 Å². The predicted molar refractivity (Wildman–Crippen MR) is 107 cm³/mol. The van der Waals surface area contributed by atoms with Crippen molar-refractivity contribution in [3.05, 3.63) is 69.6 Å². The smallest absolute Gasteiger partial charge is 0.277 e. The molecule has 1 N–H and O–H groups in total. The average molecular weight is 414 g/mol. The van der Waals surface area contributed by atoms with E-state index in [1.807, 2.05) is 31.2 Å². The van der Waals surface area contributed by atoms with Gasteiger partial charge in [0.05, 0.1) is 10.7 Å². The highest BCUT2D eigenvalue weighted by atomic mass is 32.2. The van der Waals surface area contributed by atoms with Crippen molar-refractivity contribution in [1.29, 1.82) is 0 Å². The van der Waals surface area contributed by atoms with Crippen LogP contribution in [0.3, 0.4) is 0 Å².